The molecule has 2 nitrogen and oxygen atoms in total. The van der Waals surface area contributed by atoms with Crippen LogP contribution < -0.4 is 5.32 Å². The van der Waals surface area contributed by atoms with Gasteiger partial charge in [0.15, 0.2) is 0 Å². The Balaban J connectivity index is 2.49. The zero-order valence-corrected chi connectivity index (χ0v) is 9.57. The Bertz CT molecular complexity index is 393. The Morgan fingerprint density at radius 2 is 2.06 bits per heavy atom. The molecule has 1 aromatic carbocycles. The lowest BCUT2D eigenvalue weighted by Crippen LogP contribution is -2.20. The summed E-state index contributed by atoms with van der Waals surface area (Å²) in [5.41, 5.74) is 2.28. The summed E-state index contributed by atoms with van der Waals surface area (Å²) in [5.74, 6) is 0.0138. The van der Waals surface area contributed by atoms with Gasteiger partial charge in [0.2, 0.25) is 5.91 Å². The molecule has 1 amide bonds. The Hall–Kier alpha value is -1.83. The van der Waals surface area contributed by atoms with E-state index in [-0.39, 0.29) is 5.91 Å². The number of nitrogens with one attached hydrogen (secondary N) is 1. The van der Waals surface area contributed by atoms with Crippen molar-refractivity contribution in [3.63, 3.8) is 0 Å². The molecule has 1 aromatic rings. The van der Waals surface area contributed by atoms with Crippen molar-refractivity contribution in [2.24, 2.45) is 0 Å². The summed E-state index contributed by atoms with van der Waals surface area (Å²) in [6.07, 6.45) is 6.79. The second-order valence-electron chi connectivity index (χ2n) is 3.51. The van der Waals surface area contributed by atoms with Crippen molar-refractivity contribution in [2.45, 2.75) is 13.3 Å². The topological polar surface area (TPSA) is 29.1 Å². The summed E-state index contributed by atoms with van der Waals surface area (Å²) in [6.45, 7) is 5.98. The summed E-state index contributed by atoms with van der Waals surface area (Å²) in [6, 6.07) is 8.07. The fraction of sp³-hybridized carbons (Fsp3) is 0.214. The number of carbonyl (C=O) groups is 1. The van der Waals surface area contributed by atoms with Crippen LogP contribution in [0.4, 0.5) is 0 Å². The van der Waals surface area contributed by atoms with Crippen molar-refractivity contribution in [3.05, 3.63) is 48.0 Å². The first-order chi connectivity index (χ1) is 7.74. The molecule has 0 aliphatic carbocycles. The molecule has 16 heavy (non-hydrogen) atoms. The second-order valence-corrected chi connectivity index (χ2v) is 3.51. The van der Waals surface area contributed by atoms with Crippen LogP contribution in [-0.4, -0.2) is 12.5 Å². The van der Waals surface area contributed by atoms with Crippen LogP contribution in [0.1, 0.15) is 24.5 Å². The van der Waals surface area contributed by atoms with E-state index in [0.29, 0.717) is 6.54 Å². The van der Waals surface area contributed by atoms with Gasteiger partial charge >= 0.3 is 0 Å². The van der Waals surface area contributed by atoms with Crippen LogP contribution in [0.25, 0.3) is 12.2 Å². The molecule has 0 atom stereocenters. The van der Waals surface area contributed by atoms with E-state index in [1.165, 1.54) is 6.92 Å². The van der Waals surface area contributed by atoms with E-state index in [9.17, 15) is 4.79 Å². The van der Waals surface area contributed by atoms with E-state index in [1.54, 1.807) is 0 Å². The molecule has 1 rings (SSSR count). The summed E-state index contributed by atoms with van der Waals surface area (Å²) >= 11 is 0. The first kappa shape index (κ1) is 12.2. The maximum absolute atomic E-state index is 10.6. The average Bonchev–Trinajstić information content (AvgIpc) is 2.29. The van der Waals surface area contributed by atoms with E-state index < -0.39 is 0 Å². The Kier molecular flexibility index (Phi) is 5.06. The second kappa shape index (κ2) is 6.62. The van der Waals surface area contributed by atoms with Gasteiger partial charge in [0, 0.05) is 13.5 Å². The lowest BCUT2D eigenvalue weighted by atomic mass is 10.1. The minimum Gasteiger partial charge on any atom is -0.356 e. The van der Waals surface area contributed by atoms with Crippen LogP contribution >= 0.6 is 0 Å². The van der Waals surface area contributed by atoms with Crippen molar-refractivity contribution in [3.8, 4) is 0 Å². The standard InChI is InChI=1S/C14H17NO/c1-3-13-8-4-5-9-14(13)10-6-7-11-15-12(2)16/h3-6,8-10H,1,7,11H2,2H3,(H,15,16). The SMILES string of the molecule is C=Cc1ccccc1C=CCCNC(C)=O. The number of amides is 1. The minimum absolute atomic E-state index is 0.0138. The van der Waals surface area contributed by atoms with Gasteiger partial charge in [-0.25, -0.2) is 0 Å². The molecule has 0 saturated carbocycles. The summed E-state index contributed by atoms with van der Waals surface area (Å²) in [7, 11) is 0. The quantitative estimate of drug-likeness (QED) is 0.752. The molecule has 0 heterocycles. The molecule has 1 N–H and O–H groups in total. The number of carbonyl (C=O) groups excluding carboxylic acids is 1. The van der Waals surface area contributed by atoms with E-state index in [0.717, 1.165) is 17.5 Å². The van der Waals surface area contributed by atoms with Gasteiger partial charge in [-0.2, -0.15) is 0 Å². The van der Waals surface area contributed by atoms with Gasteiger partial charge in [-0.15, -0.1) is 0 Å². The molecule has 0 unspecified atom stereocenters. The van der Waals surface area contributed by atoms with E-state index in [4.69, 9.17) is 0 Å². The Morgan fingerprint density at radius 1 is 1.38 bits per heavy atom. The third kappa shape index (κ3) is 4.13. The molecule has 0 radical (unpaired) electrons. The molecule has 0 spiro atoms. The van der Waals surface area contributed by atoms with E-state index >= 15 is 0 Å². The van der Waals surface area contributed by atoms with Gasteiger partial charge in [0.1, 0.15) is 0 Å². The number of benzene rings is 1. The maximum Gasteiger partial charge on any atom is 0.216 e. The van der Waals surface area contributed by atoms with Gasteiger partial charge in [0.25, 0.3) is 0 Å². The predicted molar refractivity (Wildman–Crippen MR) is 68.9 cm³/mol. The van der Waals surface area contributed by atoms with Crippen LogP contribution in [0.2, 0.25) is 0 Å². The molecule has 2 heteroatoms. The lowest BCUT2D eigenvalue weighted by molar-refractivity contribution is -0.118. The highest BCUT2D eigenvalue weighted by Gasteiger charge is 1.92. The molecule has 0 aliphatic heterocycles. The molecule has 0 fully saturated rings. The highest BCUT2D eigenvalue weighted by molar-refractivity contribution is 5.72. The van der Waals surface area contributed by atoms with Gasteiger partial charge < -0.3 is 5.32 Å². The smallest absolute Gasteiger partial charge is 0.216 e. The molecule has 0 saturated heterocycles. The molecule has 84 valence electrons. The number of hydrogen-bond donors (Lipinski definition) is 1. The Morgan fingerprint density at radius 3 is 2.69 bits per heavy atom. The monoisotopic (exact) mass is 215 g/mol. The predicted octanol–water partition coefficient (Wildman–Crippen LogP) is 2.87. The molecular weight excluding hydrogens is 198 g/mol. The fourth-order valence-electron chi connectivity index (χ4n) is 1.39. The summed E-state index contributed by atoms with van der Waals surface area (Å²) in [5, 5.41) is 2.75. The lowest BCUT2D eigenvalue weighted by Gasteiger charge is -2.00. The highest BCUT2D eigenvalue weighted by Crippen LogP contribution is 2.11. The van der Waals surface area contributed by atoms with Crippen LogP contribution in [0.15, 0.2) is 36.9 Å². The minimum atomic E-state index is 0.0138. The number of rotatable bonds is 5. The maximum atomic E-state index is 10.6. The average molecular weight is 215 g/mol. The van der Waals surface area contributed by atoms with Crippen LogP contribution in [-0.2, 0) is 4.79 Å². The van der Waals surface area contributed by atoms with E-state index in [2.05, 4.69) is 24.0 Å². The van der Waals surface area contributed by atoms with Gasteiger partial charge in [-0.3, -0.25) is 4.79 Å². The molecule has 0 aromatic heterocycles. The van der Waals surface area contributed by atoms with Gasteiger partial charge in [0.05, 0.1) is 0 Å². The third-order valence-corrected chi connectivity index (χ3v) is 2.20. The molecule has 0 aliphatic rings. The molecular formula is C14H17NO. The third-order valence-electron chi connectivity index (χ3n) is 2.20. The zero-order valence-electron chi connectivity index (χ0n) is 9.57. The number of hydrogen-bond acceptors (Lipinski definition) is 1. The van der Waals surface area contributed by atoms with Gasteiger partial charge in [-0.05, 0) is 17.5 Å². The van der Waals surface area contributed by atoms with Crippen molar-refractivity contribution in [2.75, 3.05) is 6.54 Å². The first-order valence-corrected chi connectivity index (χ1v) is 5.36. The normalized spacial score (nSPS) is 10.3. The zero-order chi connectivity index (χ0) is 11.8. The summed E-state index contributed by atoms with van der Waals surface area (Å²) in [4.78, 5) is 10.6. The largest absolute Gasteiger partial charge is 0.356 e. The van der Waals surface area contributed by atoms with Crippen LogP contribution in [0.3, 0.4) is 0 Å². The van der Waals surface area contributed by atoms with Crippen molar-refractivity contribution >= 4 is 18.1 Å². The highest BCUT2D eigenvalue weighted by atomic mass is 16.1. The van der Waals surface area contributed by atoms with Crippen molar-refractivity contribution in [1.29, 1.82) is 0 Å². The van der Waals surface area contributed by atoms with Crippen molar-refractivity contribution in [1.82, 2.24) is 5.32 Å². The van der Waals surface area contributed by atoms with Crippen LogP contribution in [0, 0.1) is 0 Å². The first-order valence-electron chi connectivity index (χ1n) is 5.36. The van der Waals surface area contributed by atoms with Crippen molar-refractivity contribution < 1.29 is 4.79 Å². The fourth-order valence-corrected chi connectivity index (χ4v) is 1.39. The summed E-state index contributed by atoms with van der Waals surface area (Å²) < 4.78 is 0. The van der Waals surface area contributed by atoms with Crippen LogP contribution in [0.5, 0.6) is 0 Å². The Labute approximate surface area is 96.7 Å². The molecule has 0 bridgehead atoms. The van der Waals surface area contributed by atoms with E-state index in [1.807, 2.05) is 30.3 Å². The van der Waals surface area contributed by atoms with Gasteiger partial charge in [-0.1, -0.05) is 49.1 Å².